The lowest BCUT2D eigenvalue weighted by molar-refractivity contribution is -0.119. The van der Waals surface area contributed by atoms with E-state index in [0.717, 1.165) is 6.42 Å². The van der Waals surface area contributed by atoms with Crippen LogP contribution < -0.4 is 5.32 Å². The first-order valence-corrected chi connectivity index (χ1v) is 4.43. The molecule has 0 radical (unpaired) electrons. The van der Waals surface area contributed by atoms with E-state index in [9.17, 15) is 4.79 Å². The van der Waals surface area contributed by atoms with Crippen LogP contribution in [0.3, 0.4) is 0 Å². The summed E-state index contributed by atoms with van der Waals surface area (Å²) < 4.78 is 0. The summed E-state index contributed by atoms with van der Waals surface area (Å²) in [5.74, 6) is 0.385. The van der Waals surface area contributed by atoms with Gasteiger partial charge in [-0.05, 0) is 19.9 Å². The number of hydrogen-bond donors (Lipinski definition) is 1. The Kier molecular flexibility index (Phi) is 1.71. The predicted molar refractivity (Wildman–Crippen MR) is 53.5 cm³/mol. The lowest BCUT2D eigenvalue weighted by Crippen LogP contribution is -2.26. The van der Waals surface area contributed by atoms with Crippen LogP contribution in [0, 0.1) is 5.92 Å². The normalized spacial score (nSPS) is 42.6. The molecule has 0 aromatic heterocycles. The van der Waals surface area contributed by atoms with E-state index in [1.807, 2.05) is 0 Å². The van der Waals surface area contributed by atoms with Crippen LogP contribution in [0.5, 0.6) is 0 Å². The zero-order valence-electron chi connectivity index (χ0n) is 7.49. The Morgan fingerprint density at radius 1 is 1.62 bits per heavy atom. The Hall–Kier alpha value is -1.19. The summed E-state index contributed by atoms with van der Waals surface area (Å²) in [7, 11) is 0. The Balaban J connectivity index is 0.000000980. The number of carbonyl (C=O) groups excluding carboxylic acids is 1. The zero-order valence-corrected chi connectivity index (χ0v) is 7.49. The highest BCUT2D eigenvalue weighted by molar-refractivity contribution is 5.78. The predicted octanol–water partition coefficient (Wildman–Crippen LogP) is 0.281. The topological polar surface area (TPSA) is 53.8 Å². The minimum absolute atomic E-state index is 0. The first-order chi connectivity index (χ1) is 6.23. The van der Waals surface area contributed by atoms with Gasteiger partial charge in [-0.3, -0.25) is 14.8 Å². The third-order valence-electron chi connectivity index (χ3n) is 3.14. The average molecular weight is 181 g/mol. The van der Waals surface area contributed by atoms with Gasteiger partial charge in [0.25, 0.3) is 0 Å². The minimum Gasteiger partial charge on any atom is -0.356 e. The standard InChI is InChI=1S/C9H13N3O.H2/c1-10-7-4-9(7,11-2)6-3-8(13)12-5-6;/h6-7H,1-5H2,(H,12,13);1H/t6-,7?,9?;/m0./s1. The van der Waals surface area contributed by atoms with Gasteiger partial charge in [0.1, 0.15) is 0 Å². The minimum atomic E-state index is -0.180. The van der Waals surface area contributed by atoms with Gasteiger partial charge in [0, 0.05) is 20.3 Å². The van der Waals surface area contributed by atoms with E-state index in [1.54, 1.807) is 0 Å². The molecule has 1 N–H and O–H groups in total. The van der Waals surface area contributed by atoms with Gasteiger partial charge in [-0.1, -0.05) is 0 Å². The van der Waals surface area contributed by atoms with Crippen molar-refractivity contribution in [1.29, 1.82) is 0 Å². The molecule has 1 saturated carbocycles. The SMILES string of the molecule is C=NC1CC1(N=C)[C@@H]1CNC(=O)C1.[HH]. The van der Waals surface area contributed by atoms with Gasteiger partial charge in [-0.15, -0.1) is 0 Å². The van der Waals surface area contributed by atoms with Crippen LogP contribution in [-0.4, -0.2) is 37.5 Å². The van der Waals surface area contributed by atoms with Gasteiger partial charge >= 0.3 is 0 Å². The molecule has 2 unspecified atom stereocenters. The van der Waals surface area contributed by atoms with E-state index >= 15 is 0 Å². The summed E-state index contributed by atoms with van der Waals surface area (Å²) in [4.78, 5) is 19.1. The van der Waals surface area contributed by atoms with Gasteiger partial charge in [0.15, 0.2) is 0 Å². The quantitative estimate of drug-likeness (QED) is 0.625. The number of aliphatic imine (C=N–C) groups is 2. The van der Waals surface area contributed by atoms with Crippen molar-refractivity contribution in [3.8, 4) is 0 Å². The Morgan fingerprint density at radius 2 is 2.38 bits per heavy atom. The number of amides is 1. The van der Waals surface area contributed by atoms with E-state index in [0.29, 0.717) is 13.0 Å². The summed E-state index contributed by atoms with van der Waals surface area (Å²) in [6.45, 7) is 7.81. The molecule has 2 aliphatic rings. The number of hydrogen-bond acceptors (Lipinski definition) is 3. The van der Waals surface area contributed by atoms with E-state index in [4.69, 9.17) is 0 Å². The van der Waals surface area contributed by atoms with Gasteiger partial charge in [-0.2, -0.15) is 0 Å². The molecular weight excluding hydrogens is 166 g/mol. The summed E-state index contributed by atoms with van der Waals surface area (Å²) in [5, 5.41) is 2.81. The van der Waals surface area contributed by atoms with Crippen LogP contribution >= 0.6 is 0 Å². The smallest absolute Gasteiger partial charge is 0.220 e. The lowest BCUT2D eigenvalue weighted by Gasteiger charge is -2.16. The first kappa shape index (κ1) is 8.41. The van der Waals surface area contributed by atoms with E-state index in [1.165, 1.54) is 0 Å². The van der Waals surface area contributed by atoms with Crippen LogP contribution in [0.15, 0.2) is 9.98 Å². The van der Waals surface area contributed by atoms with Crippen molar-refractivity contribution in [2.24, 2.45) is 15.9 Å². The summed E-state index contributed by atoms with van der Waals surface area (Å²) in [6, 6.07) is 0.183. The third kappa shape index (κ3) is 1.08. The summed E-state index contributed by atoms with van der Waals surface area (Å²) in [6.07, 6.45) is 1.46. The van der Waals surface area contributed by atoms with Gasteiger partial charge in [0.2, 0.25) is 5.91 Å². The van der Waals surface area contributed by atoms with Gasteiger partial charge in [0.05, 0.1) is 11.6 Å². The van der Waals surface area contributed by atoms with E-state index in [-0.39, 0.29) is 24.8 Å². The van der Waals surface area contributed by atoms with Crippen LogP contribution in [0.4, 0.5) is 0 Å². The highest BCUT2D eigenvalue weighted by atomic mass is 16.1. The van der Waals surface area contributed by atoms with Crippen molar-refractivity contribution >= 4 is 19.3 Å². The monoisotopic (exact) mass is 181 g/mol. The molecule has 0 aromatic carbocycles. The van der Waals surface area contributed by atoms with Crippen molar-refractivity contribution in [2.45, 2.75) is 24.4 Å². The molecule has 0 spiro atoms. The lowest BCUT2D eigenvalue weighted by atomic mass is 9.96. The molecular formula is C9H15N3O. The molecule has 0 aromatic rings. The summed E-state index contributed by atoms with van der Waals surface area (Å²) in [5.41, 5.74) is -0.180. The Bertz CT molecular complexity index is 281. The number of carbonyl (C=O) groups is 1. The third-order valence-corrected chi connectivity index (χ3v) is 3.14. The van der Waals surface area contributed by atoms with Crippen LogP contribution in [-0.2, 0) is 4.79 Å². The zero-order chi connectivity index (χ0) is 9.47. The second-order valence-corrected chi connectivity index (χ2v) is 3.76. The number of nitrogens with one attached hydrogen (secondary N) is 1. The fourth-order valence-corrected chi connectivity index (χ4v) is 2.17. The molecule has 2 fully saturated rings. The molecule has 1 heterocycles. The maximum atomic E-state index is 11.0. The average Bonchev–Trinajstić information content (AvgIpc) is 2.73. The molecule has 4 nitrogen and oxygen atoms in total. The fourth-order valence-electron chi connectivity index (χ4n) is 2.17. The molecule has 1 aliphatic carbocycles. The molecule has 1 saturated heterocycles. The van der Waals surface area contributed by atoms with Crippen molar-refractivity contribution in [3.05, 3.63) is 0 Å². The fraction of sp³-hybridized carbons (Fsp3) is 0.667. The number of rotatable bonds is 3. The molecule has 4 heteroatoms. The van der Waals surface area contributed by atoms with E-state index in [2.05, 4.69) is 28.7 Å². The first-order valence-electron chi connectivity index (χ1n) is 4.43. The second kappa shape index (κ2) is 2.65. The summed E-state index contributed by atoms with van der Waals surface area (Å²) >= 11 is 0. The maximum absolute atomic E-state index is 11.0. The molecule has 0 bridgehead atoms. The van der Waals surface area contributed by atoms with Crippen molar-refractivity contribution in [2.75, 3.05) is 6.54 Å². The second-order valence-electron chi connectivity index (χ2n) is 3.76. The van der Waals surface area contributed by atoms with Crippen LogP contribution in [0.2, 0.25) is 0 Å². The van der Waals surface area contributed by atoms with Crippen LogP contribution in [0.25, 0.3) is 0 Å². The number of nitrogens with zero attached hydrogens (tertiary/aromatic N) is 2. The van der Waals surface area contributed by atoms with Gasteiger partial charge in [-0.25, -0.2) is 0 Å². The molecule has 1 aliphatic heterocycles. The molecule has 2 rings (SSSR count). The van der Waals surface area contributed by atoms with Crippen molar-refractivity contribution < 1.29 is 6.22 Å². The Morgan fingerprint density at radius 3 is 2.77 bits per heavy atom. The molecule has 3 atom stereocenters. The molecule has 13 heavy (non-hydrogen) atoms. The van der Waals surface area contributed by atoms with Gasteiger partial charge < -0.3 is 5.32 Å². The van der Waals surface area contributed by atoms with Crippen molar-refractivity contribution in [3.63, 3.8) is 0 Å². The Labute approximate surface area is 78.6 Å². The van der Waals surface area contributed by atoms with Crippen LogP contribution in [0.1, 0.15) is 14.3 Å². The molecule has 1 amide bonds. The highest BCUT2D eigenvalue weighted by Gasteiger charge is 2.60. The maximum Gasteiger partial charge on any atom is 0.220 e. The van der Waals surface area contributed by atoms with E-state index < -0.39 is 0 Å². The highest BCUT2D eigenvalue weighted by Crippen LogP contribution is 2.50. The largest absolute Gasteiger partial charge is 0.356 e. The molecule has 72 valence electrons. The van der Waals surface area contributed by atoms with Crippen molar-refractivity contribution in [1.82, 2.24) is 5.32 Å².